The molecule has 2 aromatic rings. The van der Waals surface area contributed by atoms with E-state index in [0.29, 0.717) is 0 Å². The molecule has 1 fully saturated rings. The molecular formula is C15H18N2. The number of benzene rings is 1. The summed E-state index contributed by atoms with van der Waals surface area (Å²) in [6, 6.07) is 10.5. The summed E-state index contributed by atoms with van der Waals surface area (Å²) < 4.78 is 2.39. The van der Waals surface area contributed by atoms with Gasteiger partial charge in [-0.2, -0.15) is 0 Å². The second-order valence-electron chi connectivity index (χ2n) is 5.03. The second-order valence-corrected chi connectivity index (χ2v) is 5.03. The van der Waals surface area contributed by atoms with Crippen molar-refractivity contribution in [1.82, 2.24) is 9.55 Å². The normalized spacial score (nSPS) is 15.2. The Hall–Kier alpha value is -1.57. The van der Waals surface area contributed by atoms with Gasteiger partial charge in [0.1, 0.15) is 5.82 Å². The van der Waals surface area contributed by atoms with Gasteiger partial charge < -0.3 is 4.57 Å². The number of nitrogens with zero attached hydrogens (tertiary/aromatic N) is 2. The predicted molar refractivity (Wildman–Crippen MR) is 69.9 cm³/mol. The van der Waals surface area contributed by atoms with Gasteiger partial charge in [0, 0.05) is 17.8 Å². The summed E-state index contributed by atoms with van der Waals surface area (Å²) in [6.45, 7) is 5.42. The van der Waals surface area contributed by atoms with Crippen LogP contribution in [0.2, 0.25) is 0 Å². The summed E-state index contributed by atoms with van der Waals surface area (Å²) in [7, 11) is 0. The van der Waals surface area contributed by atoms with E-state index in [4.69, 9.17) is 4.98 Å². The van der Waals surface area contributed by atoms with E-state index in [9.17, 15) is 0 Å². The molecule has 3 rings (SSSR count). The molecule has 0 unspecified atom stereocenters. The molecule has 0 saturated heterocycles. The summed E-state index contributed by atoms with van der Waals surface area (Å²) in [5.74, 6) is 2.01. The topological polar surface area (TPSA) is 17.8 Å². The molecule has 0 bridgehead atoms. The van der Waals surface area contributed by atoms with Crippen molar-refractivity contribution in [2.24, 2.45) is 5.92 Å². The lowest BCUT2D eigenvalue weighted by Crippen LogP contribution is -2.04. The number of aromatic nitrogens is 2. The molecule has 1 aromatic heterocycles. The summed E-state index contributed by atoms with van der Waals surface area (Å²) in [6.07, 6.45) is 2.76. The summed E-state index contributed by atoms with van der Waals surface area (Å²) in [4.78, 5) is 4.72. The lowest BCUT2D eigenvalue weighted by Gasteiger charge is -2.09. The van der Waals surface area contributed by atoms with Crippen LogP contribution in [-0.2, 0) is 6.54 Å². The molecule has 2 nitrogen and oxygen atoms in total. The standard InChI is InChI=1S/C15H18N2/c1-11-12(2)17(10-13-8-9-13)15(16-11)14-6-4-3-5-7-14/h3-7,13H,8-10H2,1-2H3. The smallest absolute Gasteiger partial charge is 0.140 e. The van der Waals surface area contributed by atoms with Crippen LogP contribution in [-0.4, -0.2) is 9.55 Å². The average molecular weight is 226 g/mol. The van der Waals surface area contributed by atoms with Gasteiger partial charge in [0.2, 0.25) is 0 Å². The monoisotopic (exact) mass is 226 g/mol. The first-order chi connectivity index (χ1) is 8.25. The SMILES string of the molecule is Cc1nc(-c2ccccc2)n(CC2CC2)c1C. The van der Waals surface area contributed by atoms with E-state index in [1.54, 1.807) is 0 Å². The number of rotatable bonds is 3. The van der Waals surface area contributed by atoms with E-state index in [1.165, 1.54) is 24.1 Å². The van der Waals surface area contributed by atoms with Crippen molar-refractivity contribution in [3.05, 3.63) is 41.7 Å². The Morgan fingerprint density at radius 2 is 1.88 bits per heavy atom. The number of hydrogen-bond acceptors (Lipinski definition) is 1. The van der Waals surface area contributed by atoms with Crippen LogP contribution in [0.15, 0.2) is 30.3 Å². The van der Waals surface area contributed by atoms with E-state index < -0.39 is 0 Å². The van der Waals surface area contributed by atoms with E-state index in [2.05, 4.69) is 48.7 Å². The number of hydrogen-bond donors (Lipinski definition) is 0. The Bertz CT molecular complexity index is 521. The van der Waals surface area contributed by atoms with Gasteiger partial charge in [0.15, 0.2) is 0 Å². The van der Waals surface area contributed by atoms with Crippen molar-refractivity contribution in [3.63, 3.8) is 0 Å². The van der Waals surface area contributed by atoms with E-state index in [-0.39, 0.29) is 0 Å². The van der Waals surface area contributed by atoms with Crippen molar-refractivity contribution in [2.45, 2.75) is 33.2 Å². The zero-order valence-electron chi connectivity index (χ0n) is 10.5. The van der Waals surface area contributed by atoms with Crippen molar-refractivity contribution >= 4 is 0 Å². The molecule has 0 radical (unpaired) electrons. The Kier molecular flexibility index (Phi) is 2.50. The van der Waals surface area contributed by atoms with Crippen LogP contribution >= 0.6 is 0 Å². The molecule has 1 saturated carbocycles. The Morgan fingerprint density at radius 1 is 1.18 bits per heavy atom. The Balaban J connectivity index is 2.05. The van der Waals surface area contributed by atoms with Gasteiger partial charge in [-0.15, -0.1) is 0 Å². The third-order valence-electron chi connectivity index (χ3n) is 3.63. The fourth-order valence-corrected chi connectivity index (χ4v) is 2.24. The third-order valence-corrected chi connectivity index (χ3v) is 3.63. The van der Waals surface area contributed by atoms with Crippen LogP contribution in [0, 0.1) is 19.8 Å². The molecule has 1 aliphatic carbocycles. The summed E-state index contributed by atoms with van der Waals surface area (Å²) in [5.41, 5.74) is 3.70. The first kappa shape index (κ1) is 10.6. The van der Waals surface area contributed by atoms with Crippen LogP contribution in [0.5, 0.6) is 0 Å². The third kappa shape index (κ3) is 1.99. The highest BCUT2D eigenvalue weighted by molar-refractivity contribution is 5.56. The maximum absolute atomic E-state index is 4.72. The van der Waals surface area contributed by atoms with E-state index in [0.717, 1.165) is 24.0 Å². The molecule has 0 N–H and O–H groups in total. The fraction of sp³-hybridized carbons (Fsp3) is 0.400. The van der Waals surface area contributed by atoms with Crippen LogP contribution in [0.4, 0.5) is 0 Å². The highest BCUT2D eigenvalue weighted by Crippen LogP contribution is 2.33. The van der Waals surface area contributed by atoms with Gasteiger partial charge in [-0.25, -0.2) is 4.98 Å². The highest BCUT2D eigenvalue weighted by atomic mass is 15.1. The zero-order valence-corrected chi connectivity index (χ0v) is 10.5. The summed E-state index contributed by atoms with van der Waals surface area (Å²) in [5, 5.41) is 0. The largest absolute Gasteiger partial charge is 0.328 e. The Labute approximate surface area is 102 Å². The first-order valence-electron chi connectivity index (χ1n) is 6.35. The van der Waals surface area contributed by atoms with Gasteiger partial charge in [-0.05, 0) is 32.6 Å². The maximum Gasteiger partial charge on any atom is 0.140 e. The molecule has 1 aliphatic rings. The van der Waals surface area contributed by atoms with E-state index in [1.807, 2.05) is 0 Å². The number of aryl methyl sites for hydroxylation is 1. The molecule has 1 aromatic carbocycles. The minimum atomic E-state index is 0.879. The van der Waals surface area contributed by atoms with Gasteiger partial charge in [0.25, 0.3) is 0 Å². The van der Waals surface area contributed by atoms with Crippen LogP contribution in [0.3, 0.4) is 0 Å². The number of imidazole rings is 1. The lowest BCUT2D eigenvalue weighted by atomic mass is 10.2. The van der Waals surface area contributed by atoms with Gasteiger partial charge in [-0.1, -0.05) is 30.3 Å². The molecule has 1 heterocycles. The molecule has 0 atom stereocenters. The minimum absolute atomic E-state index is 0.879. The van der Waals surface area contributed by atoms with Gasteiger partial charge >= 0.3 is 0 Å². The van der Waals surface area contributed by atoms with Gasteiger partial charge in [0.05, 0.1) is 5.69 Å². The predicted octanol–water partition coefficient (Wildman–Crippen LogP) is 3.58. The van der Waals surface area contributed by atoms with Crippen molar-refractivity contribution in [3.8, 4) is 11.4 Å². The molecule has 17 heavy (non-hydrogen) atoms. The minimum Gasteiger partial charge on any atom is -0.328 e. The molecule has 88 valence electrons. The molecule has 0 spiro atoms. The van der Waals surface area contributed by atoms with E-state index >= 15 is 0 Å². The van der Waals surface area contributed by atoms with Crippen LogP contribution in [0.25, 0.3) is 11.4 Å². The molecule has 0 aliphatic heterocycles. The maximum atomic E-state index is 4.72. The van der Waals surface area contributed by atoms with Crippen molar-refractivity contribution in [2.75, 3.05) is 0 Å². The Morgan fingerprint density at radius 3 is 2.53 bits per heavy atom. The lowest BCUT2D eigenvalue weighted by molar-refractivity contribution is 0.618. The zero-order chi connectivity index (χ0) is 11.8. The molecule has 2 heteroatoms. The second kappa shape index (κ2) is 4.02. The highest BCUT2D eigenvalue weighted by Gasteiger charge is 2.24. The van der Waals surface area contributed by atoms with Crippen molar-refractivity contribution in [1.29, 1.82) is 0 Å². The fourth-order valence-electron chi connectivity index (χ4n) is 2.24. The first-order valence-corrected chi connectivity index (χ1v) is 6.35. The molecular weight excluding hydrogens is 208 g/mol. The van der Waals surface area contributed by atoms with Crippen LogP contribution < -0.4 is 0 Å². The summed E-state index contributed by atoms with van der Waals surface area (Å²) >= 11 is 0. The van der Waals surface area contributed by atoms with Crippen molar-refractivity contribution < 1.29 is 0 Å². The van der Waals surface area contributed by atoms with Gasteiger partial charge in [-0.3, -0.25) is 0 Å². The average Bonchev–Trinajstić information content (AvgIpc) is 3.13. The van der Waals surface area contributed by atoms with Crippen LogP contribution in [0.1, 0.15) is 24.2 Å². The molecule has 0 amide bonds. The quantitative estimate of drug-likeness (QED) is 0.782.